The normalized spacial score (nSPS) is 16.2. The number of rotatable bonds is 10. The predicted molar refractivity (Wildman–Crippen MR) is 155 cm³/mol. The van der Waals surface area contributed by atoms with Gasteiger partial charge >= 0.3 is 6.18 Å². The fourth-order valence-electron chi connectivity index (χ4n) is 4.92. The summed E-state index contributed by atoms with van der Waals surface area (Å²) < 4.78 is 58.0. The van der Waals surface area contributed by atoms with E-state index < -0.39 is 24.2 Å². The maximum Gasteiger partial charge on any atom is 0.403 e. The Morgan fingerprint density at radius 3 is 2.49 bits per heavy atom. The largest absolute Gasteiger partial charge is 0.474 e. The third-order valence-corrected chi connectivity index (χ3v) is 7.73. The summed E-state index contributed by atoms with van der Waals surface area (Å²) >= 11 is 6.33. The van der Waals surface area contributed by atoms with Crippen LogP contribution in [-0.4, -0.2) is 52.3 Å². The molecule has 0 aliphatic heterocycles. The van der Waals surface area contributed by atoms with Crippen LogP contribution in [0.3, 0.4) is 0 Å². The van der Waals surface area contributed by atoms with Gasteiger partial charge in [-0.15, -0.1) is 0 Å². The van der Waals surface area contributed by atoms with Gasteiger partial charge in [-0.1, -0.05) is 50.8 Å². The van der Waals surface area contributed by atoms with Gasteiger partial charge in [-0.05, 0) is 49.4 Å². The Hall–Kier alpha value is -3.61. The average molecular weight is 627 g/mol. The highest BCUT2D eigenvalue weighted by molar-refractivity contribution is 6.33. The predicted octanol–water partition coefficient (Wildman–Crippen LogP) is 6.75. The Bertz CT molecular complexity index is 1440. The lowest BCUT2D eigenvalue weighted by Gasteiger charge is -2.23. The molecule has 14 heteroatoms. The van der Waals surface area contributed by atoms with E-state index >= 15 is 0 Å². The zero-order valence-electron chi connectivity index (χ0n) is 24.0. The van der Waals surface area contributed by atoms with Crippen LogP contribution in [0.5, 0.6) is 5.88 Å². The number of nitrogens with one attached hydrogen (secondary N) is 4. The summed E-state index contributed by atoms with van der Waals surface area (Å²) in [5.74, 6) is -1.25. The summed E-state index contributed by atoms with van der Waals surface area (Å²) in [7, 11) is 0. The number of halogens is 5. The van der Waals surface area contributed by atoms with Crippen molar-refractivity contribution in [3.8, 4) is 5.88 Å². The molecule has 2 aliphatic carbocycles. The minimum absolute atomic E-state index is 0.0374. The van der Waals surface area contributed by atoms with Crippen molar-refractivity contribution in [2.45, 2.75) is 77.6 Å². The van der Waals surface area contributed by atoms with Crippen molar-refractivity contribution >= 4 is 46.2 Å². The molecular weight excluding hydrogens is 592 g/mol. The molecule has 1 aromatic carbocycles. The third-order valence-electron chi connectivity index (χ3n) is 7.40. The zero-order chi connectivity index (χ0) is 31.2. The second-order valence-electron chi connectivity index (χ2n) is 10.3. The van der Waals surface area contributed by atoms with Crippen LogP contribution in [0.25, 0.3) is 11.2 Å². The standard InChI is InChI=1S/C27H29ClF4N6O3.C2H6/c28-18-7-6-15(14-33-24(40)26(8-9-26)27(30,31)32)12-19(18)35-25-36-20-13-17(22(39)34-16-4-2-1-3-5-16)23(41-11-10-29)37-21(20)38-25;1-2/h6-7,12-13,16H,1-5,8-11,14H2,(H,33,40)(H,34,39)(H2,35,36,37,38);1-2H3. The van der Waals surface area contributed by atoms with Crippen LogP contribution in [-0.2, 0) is 11.3 Å². The van der Waals surface area contributed by atoms with Crippen molar-refractivity contribution in [3.05, 3.63) is 40.4 Å². The Kier molecular flexibility index (Phi) is 10.4. The molecule has 0 saturated heterocycles. The van der Waals surface area contributed by atoms with Crippen LogP contribution in [0.15, 0.2) is 24.3 Å². The summed E-state index contributed by atoms with van der Waals surface area (Å²) in [5.41, 5.74) is -0.650. The minimum atomic E-state index is -4.59. The molecule has 0 bridgehead atoms. The van der Waals surface area contributed by atoms with Gasteiger partial charge in [0.2, 0.25) is 17.7 Å². The molecule has 5 rings (SSSR count). The number of aromatic nitrogens is 3. The van der Waals surface area contributed by atoms with Gasteiger partial charge < -0.3 is 25.7 Å². The minimum Gasteiger partial charge on any atom is -0.474 e. The number of hydrogen-bond donors (Lipinski definition) is 4. The van der Waals surface area contributed by atoms with Gasteiger partial charge in [0.05, 0.1) is 16.2 Å². The number of fused-ring (bicyclic) bond motifs is 1. The molecule has 0 unspecified atom stereocenters. The van der Waals surface area contributed by atoms with E-state index in [2.05, 4.69) is 30.9 Å². The lowest BCUT2D eigenvalue weighted by molar-refractivity contribution is -0.192. The first-order valence-corrected chi connectivity index (χ1v) is 14.8. The molecule has 3 aromatic rings. The molecule has 0 spiro atoms. The fourth-order valence-corrected chi connectivity index (χ4v) is 5.09. The van der Waals surface area contributed by atoms with Gasteiger partial charge in [0.1, 0.15) is 24.3 Å². The number of pyridine rings is 1. The Balaban J connectivity index is 0.00000207. The van der Waals surface area contributed by atoms with E-state index in [1.165, 1.54) is 6.07 Å². The molecule has 2 aromatic heterocycles. The van der Waals surface area contributed by atoms with Gasteiger partial charge in [0.25, 0.3) is 5.91 Å². The molecule has 2 fully saturated rings. The number of H-pyrrole nitrogens is 1. The number of hydrogen-bond acceptors (Lipinski definition) is 6. The second-order valence-corrected chi connectivity index (χ2v) is 10.8. The van der Waals surface area contributed by atoms with Crippen LogP contribution in [0, 0.1) is 5.41 Å². The highest BCUT2D eigenvalue weighted by Crippen LogP contribution is 2.57. The molecule has 0 atom stereocenters. The summed E-state index contributed by atoms with van der Waals surface area (Å²) in [6, 6.07) is 6.29. The topological polar surface area (TPSA) is 121 Å². The fraction of sp³-hybridized carbons (Fsp3) is 0.517. The summed E-state index contributed by atoms with van der Waals surface area (Å²) in [5, 5.41) is 8.67. The second kappa shape index (κ2) is 13.8. The van der Waals surface area contributed by atoms with Crippen LogP contribution in [0.4, 0.5) is 29.2 Å². The van der Waals surface area contributed by atoms with Crippen LogP contribution >= 0.6 is 11.6 Å². The number of imidazole rings is 1. The molecule has 2 amide bonds. The molecule has 9 nitrogen and oxygen atoms in total. The quantitative estimate of drug-likeness (QED) is 0.185. The van der Waals surface area contributed by atoms with Crippen molar-refractivity contribution in [2.24, 2.45) is 5.41 Å². The van der Waals surface area contributed by atoms with Crippen molar-refractivity contribution in [2.75, 3.05) is 18.6 Å². The number of carbonyl (C=O) groups is 2. The average Bonchev–Trinajstić information content (AvgIpc) is 3.73. The van der Waals surface area contributed by atoms with Crippen molar-refractivity contribution in [3.63, 3.8) is 0 Å². The van der Waals surface area contributed by atoms with Crippen LogP contribution in [0.1, 0.15) is 74.7 Å². The number of amides is 2. The lowest BCUT2D eigenvalue weighted by atomic mass is 9.95. The molecule has 0 radical (unpaired) electrons. The number of anilines is 2. The number of carbonyl (C=O) groups excluding carboxylic acids is 2. The molecule has 43 heavy (non-hydrogen) atoms. The SMILES string of the molecule is CC.O=C(NC1CCCCC1)c1cc2[nH]c(Nc3cc(CNC(=O)C4(C(F)(F)F)CC4)ccc3Cl)nc2nc1OCCF. The van der Waals surface area contributed by atoms with E-state index in [9.17, 15) is 27.2 Å². The molecule has 2 aliphatic rings. The zero-order valence-corrected chi connectivity index (χ0v) is 24.7. The van der Waals surface area contributed by atoms with E-state index in [4.69, 9.17) is 16.3 Å². The first-order chi connectivity index (χ1) is 20.6. The maximum atomic E-state index is 13.2. The first kappa shape index (κ1) is 32.3. The van der Waals surface area contributed by atoms with Gasteiger partial charge in [0.15, 0.2) is 5.65 Å². The molecule has 2 saturated carbocycles. The summed E-state index contributed by atoms with van der Waals surface area (Å²) in [6.45, 7) is 2.84. The van der Waals surface area contributed by atoms with Crippen molar-refractivity contribution < 1.29 is 31.9 Å². The van der Waals surface area contributed by atoms with E-state index in [-0.39, 0.29) is 61.0 Å². The van der Waals surface area contributed by atoms with E-state index in [0.29, 0.717) is 21.8 Å². The van der Waals surface area contributed by atoms with Gasteiger partial charge in [-0.25, -0.2) is 4.39 Å². The number of alkyl halides is 4. The van der Waals surface area contributed by atoms with Crippen LogP contribution < -0.4 is 20.7 Å². The van der Waals surface area contributed by atoms with Crippen LogP contribution in [0.2, 0.25) is 5.02 Å². The molecular formula is C29H35ClF4N6O3. The molecule has 4 N–H and O–H groups in total. The highest BCUT2D eigenvalue weighted by atomic mass is 35.5. The van der Waals surface area contributed by atoms with E-state index in [1.807, 2.05) is 13.8 Å². The smallest absolute Gasteiger partial charge is 0.403 e. The molecule has 234 valence electrons. The highest BCUT2D eigenvalue weighted by Gasteiger charge is 2.68. The van der Waals surface area contributed by atoms with Crippen molar-refractivity contribution in [1.29, 1.82) is 0 Å². The third kappa shape index (κ3) is 7.49. The lowest BCUT2D eigenvalue weighted by Crippen LogP contribution is -2.40. The Morgan fingerprint density at radius 2 is 1.84 bits per heavy atom. The number of ether oxygens (including phenoxy) is 1. The van der Waals surface area contributed by atoms with Gasteiger partial charge in [-0.2, -0.15) is 23.1 Å². The Labute approximate surface area is 251 Å². The monoisotopic (exact) mass is 626 g/mol. The Morgan fingerprint density at radius 1 is 1.12 bits per heavy atom. The van der Waals surface area contributed by atoms with E-state index in [0.717, 1.165) is 32.1 Å². The summed E-state index contributed by atoms with van der Waals surface area (Å²) in [4.78, 5) is 37.0. The number of nitrogens with zero attached hydrogens (tertiary/aromatic N) is 2. The maximum absolute atomic E-state index is 13.2. The summed E-state index contributed by atoms with van der Waals surface area (Å²) in [6.07, 6.45) is -0.0667. The van der Waals surface area contributed by atoms with Gasteiger partial charge in [-0.3, -0.25) is 9.59 Å². The number of benzene rings is 1. The molecule has 2 heterocycles. The van der Waals surface area contributed by atoms with E-state index in [1.54, 1.807) is 18.2 Å². The van der Waals surface area contributed by atoms with Gasteiger partial charge in [0, 0.05) is 12.6 Å². The first-order valence-electron chi connectivity index (χ1n) is 14.4. The number of aromatic amines is 1. The van der Waals surface area contributed by atoms with Crippen molar-refractivity contribution in [1.82, 2.24) is 25.6 Å².